The molecule has 5 heteroatoms. The van der Waals surface area contributed by atoms with Crippen molar-refractivity contribution in [3.63, 3.8) is 0 Å². The molecule has 0 unspecified atom stereocenters. The second-order valence-corrected chi connectivity index (χ2v) is 4.61. The maximum Gasteiger partial charge on any atom is 0.282 e. The summed E-state index contributed by atoms with van der Waals surface area (Å²) < 4.78 is 1.74. The van der Waals surface area contributed by atoms with Crippen LogP contribution in [0.25, 0.3) is 16.7 Å². The summed E-state index contributed by atoms with van der Waals surface area (Å²) in [7, 11) is 0. The minimum absolute atomic E-state index is 0.288. The van der Waals surface area contributed by atoms with Gasteiger partial charge >= 0.3 is 0 Å². The number of rotatable bonds is 1. The van der Waals surface area contributed by atoms with Crippen molar-refractivity contribution in [2.75, 3.05) is 0 Å². The highest BCUT2D eigenvalue weighted by Gasteiger charge is 2.11. The van der Waals surface area contributed by atoms with Crippen LogP contribution in [0.4, 0.5) is 0 Å². The molecule has 3 aromatic rings. The van der Waals surface area contributed by atoms with Gasteiger partial charge in [0.15, 0.2) is 5.65 Å². The molecule has 0 saturated heterocycles. The van der Waals surface area contributed by atoms with E-state index < -0.39 is 0 Å². The molecule has 0 fully saturated rings. The first-order valence-corrected chi connectivity index (χ1v) is 6.14. The van der Waals surface area contributed by atoms with Crippen LogP contribution in [0.1, 0.15) is 5.56 Å². The Hall–Kier alpha value is -2.20. The lowest BCUT2D eigenvalue weighted by Crippen LogP contribution is -2.13. The monoisotopic (exact) mass is 271 g/mol. The van der Waals surface area contributed by atoms with E-state index in [4.69, 9.17) is 11.6 Å². The SMILES string of the molecule is Cc1cccc(Cl)c1-n1cnc(=O)c2cccnc21. The molecule has 0 bridgehead atoms. The van der Waals surface area contributed by atoms with Crippen LogP contribution in [-0.2, 0) is 0 Å². The first-order chi connectivity index (χ1) is 9.18. The summed E-state index contributed by atoms with van der Waals surface area (Å²) in [6.07, 6.45) is 3.11. The predicted octanol–water partition coefficient (Wildman–Crippen LogP) is 2.74. The normalized spacial score (nSPS) is 10.8. The Kier molecular flexibility index (Phi) is 2.80. The zero-order chi connectivity index (χ0) is 13.4. The van der Waals surface area contributed by atoms with Gasteiger partial charge in [-0.3, -0.25) is 9.36 Å². The lowest BCUT2D eigenvalue weighted by Gasteiger charge is -2.13. The van der Waals surface area contributed by atoms with E-state index in [9.17, 15) is 4.79 Å². The van der Waals surface area contributed by atoms with E-state index in [1.165, 1.54) is 6.33 Å². The number of benzene rings is 1. The highest BCUT2D eigenvalue weighted by molar-refractivity contribution is 6.32. The molecule has 1 aromatic carbocycles. The number of pyridine rings is 1. The van der Waals surface area contributed by atoms with Crippen molar-refractivity contribution < 1.29 is 0 Å². The van der Waals surface area contributed by atoms with Gasteiger partial charge in [0.05, 0.1) is 16.1 Å². The smallest absolute Gasteiger partial charge is 0.282 e. The molecule has 19 heavy (non-hydrogen) atoms. The fourth-order valence-electron chi connectivity index (χ4n) is 2.08. The van der Waals surface area contributed by atoms with Crippen molar-refractivity contribution in [1.29, 1.82) is 0 Å². The molecule has 3 rings (SSSR count). The van der Waals surface area contributed by atoms with E-state index in [0.29, 0.717) is 16.1 Å². The minimum Gasteiger partial charge on any atom is -0.283 e. The second kappa shape index (κ2) is 4.48. The van der Waals surface area contributed by atoms with Crippen LogP contribution in [0.15, 0.2) is 47.7 Å². The van der Waals surface area contributed by atoms with Gasteiger partial charge in [-0.05, 0) is 30.7 Å². The third kappa shape index (κ3) is 1.90. The number of aromatic nitrogens is 3. The first kappa shape index (κ1) is 11.9. The lowest BCUT2D eigenvalue weighted by molar-refractivity contribution is 0.982. The molecular formula is C14H10ClN3O. The lowest BCUT2D eigenvalue weighted by atomic mass is 10.2. The number of para-hydroxylation sites is 1. The van der Waals surface area contributed by atoms with E-state index in [2.05, 4.69) is 9.97 Å². The number of hydrogen-bond donors (Lipinski definition) is 0. The van der Waals surface area contributed by atoms with Crippen molar-refractivity contribution >= 4 is 22.6 Å². The molecule has 4 nitrogen and oxygen atoms in total. The Balaban J connectivity index is 2.45. The second-order valence-electron chi connectivity index (χ2n) is 4.20. The molecule has 0 spiro atoms. The summed E-state index contributed by atoms with van der Waals surface area (Å²) in [6.45, 7) is 1.95. The fourth-order valence-corrected chi connectivity index (χ4v) is 2.39. The Morgan fingerprint density at radius 2 is 2.00 bits per heavy atom. The number of aryl methyl sites for hydroxylation is 1. The van der Waals surface area contributed by atoms with E-state index >= 15 is 0 Å². The van der Waals surface area contributed by atoms with Gasteiger partial charge in [-0.15, -0.1) is 0 Å². The van der Waals surface area contributed by atoms with E-state index in [-0.39, 0.29) is 5.56 Å². The molecule has 2 aromatic heterocycles. The largest absolute Gasteiger partial charge is 0.283 e. The summed E-state index contributed by atoms with van der Waals surface area (Å²) in [5, 5.41) is 1.07. The first-order valence-electron chi connectivity index (χ1n) is 5.76. The van der Waals surface area contributed by atoms with Gasteiger partial charge in [0.2, 0.25) is 0 Å². The molecular weight excluding hydrogens is 262 g/mol. The standard InChI is InChI=1S/C14H10ClN3O/c1-9-4-2-6-11(15)12(9)18-8-17-14(19)10-5-3-7-16-13(10)18/h2-8H,1H3. The molecule has 0 saturated carbocycles. The van der Waals surface area contributed by atoms with Crippen LogP contribution in [0.3, 0.4) is 0 Å². The molecule has 0 aliphatic carbocycles. The predicted molar refractivity (Wildman–Crippen MR) is 74.9 cm³/mol. The third-order valence-electron chi connectivity index (χ3n) is 2.97. The molecule has 0 radical (unpaired) electrons. The number of nitrogens with zero attached hydrogens (tertiary/aromatic N) is 3. The zero-order valence-corrected chi connectivity index (χ0v) is 10.9. The van der Waals surface area contributed by atoms with Gasteiger partial charge in [-0.25, -0.2) is 4.98 Å². The molecule has 0 atom stereocenters. The van der Waals surface area contributed by atoms with Gasteiger partial charge in [0, 0.05) is 6.20 Å². The van der Waals surface area contributed by atoms with Crippen molar-refractivity contribution in [3.8, 4) is 5.69 Å². The topological polar surface area (TPSA) is 47.8 Å². The number of hydrogen-bond acceptors (Lipinski definition) is 3. The van der Waals surface area contributed by atoms with E-state index in [1.807, 2.05) is 19.1 Å². The van der Waals surface area contributed by atoms with Crippen LogP contribution >= 0.6 is 11.6 Å². The Bertz CT molecular complexity index is 806. The summed E-state index contributed by atoms with van der Waals surface area (Å²) in [5.74, 6) is 0. The van der Waals surface area contributed by atoms with Gasteiger partial charge < -0.3 is 0 Å². The van der Waals surface area contributed by atoms with Crippen molar-refractivity contribution in [2.24, 2.45) is 0 Å². The van der Waals surface area contributed by atoms with Crippen molar-refractivity contribution in [3.05, 3.63) is 63.8 Å². The van der Waals surface area contributed by atoms with Crippen LogP contribution in [0.2, 0.25) is 5.02 Å². The van der Waals surface area contributed by atoms with Crippen LogP contribution in [0.5, 0.6) is 0 Å². The highest BCUT2D eigenvalue weighted by atomic mass is 35.5. The average molecular weight is 272 g/mol. The van der Waals surface area contributed by atoms with Gasteiger partial charge in [0.25, 0.3) is 5.56 Å². The van der Waals surface area contributed by atoms with Gasteiger partial charge in [0.1, 0.15) is 6.33 Å². The molecule has 0 N–H and O–H groups in total. The van der Waals surface area contributed by atoms with Crippen LogP contribution < -0.4 is 5.56 Å². The van der Waals surface area contributed by atoms with Gasteiger partial charge in [-0.2, -0.15) is 4.98 Å². The van der Waals surface area contributed by atoms with Crippen LogP contribution in [0, 0.1) is 6.92 Å². The summed E-state index contributed by atoms with van der Waals surface area (Å²) in [6, 6.07) is 9.06. The summed E-state index contributed by atoms with van der Waals surface area (Å²) >= 11 is 6.25. The van der Waals surface area contributed by atoms with Crippen molar-refractivity contribution in [2.45, 2.75) is 6.92 Å². The van der Waals surface area contributed by atoms with Gasteiger partial charge in [-0.1, -0.05) is 23.7 Å². The molecule has 2 heterocycles. The molecule has 0 aliphatic rings. The molecule has 0 aliphatic heterocycles. The highest BCUT2D eigenvalue weighted by Crippen LogP contribution is 2.25. The quantitative estimate of drug-likeness (QED) is 0.684. The fraction of sp³-hybridized carbons (Fsp3) is 0.0714. The Labute approximate surface area is 114 Å². The number of fused-ring (bicyclic) bond motifs is 1. The van der Waals surface area contributed by atoms with E-state index in [1.54, 1.807) is 29.0 Å². The third-order valence-corrected chi connectivity index (χ3v) is 3.27. The Morgan fingerprint density at radius 3 is 2.79 bits per heavy atom. The van der Waals surface area contributed by atoms with Crippen LogP contribution in [-0.4, -0.2) is 14.5 Å². The number of halogens is 1. The maximum absolute atomic E-state index is 11.7. The summed E-state index contributed by atoms with van der Waals surface area (Å²) in [4.78, 5) is 19.9. The summed E-state index contributed by atoms with van der Waals surface area (Å²) in [5.41, 5.74) is 2.05. The zero-order valence-electron chi connectivity index (χ0n) is 10.2. The van der Waals surface area contributed by atoms with Crippen molar-refractivity contribution in [1.82, 2.24) is 14.5 Å². The molecule has 0 amide bonds. The Morgan fingerprint density at radius 1 is 1.16 bits per heavy atom. The maximum atomic E-state index is 11.7. The van der Waals surface area contributed by atoms with E-state index in [0.717, 1.165) is 11.3 Å². The average Bonchev–Trinajstić information content (AvgIpc) is 2.41. The molecule has 94 valence electrons. The minimum atomic E-state index is -0.288.